The summed E-state index contributed by atoms with van der Waals surface area (Å²) in [5.74, 6) is -7.68. The number of nitrogens with one attached hydrogen (secondary N) is 1. The van der Waals surface area contributed by atoms with Crippen LogP contribution in [0.5, 0.6) is 0 Å². The van der Waals surface area contributed by atoms with Gasteiger partial charge in [0.25, 0.3) is 5.79 Å². The number of amides is 1. The van der Waals surface area contributed by atoms with E-state index < -0.39 is 24.1 Å². The summed E-state index contributed by atoms with van der Waals surface area (Å²) in [6.45, 7) is 0.690. The molecule has 2 unspecified atom stereocenters. The van der Waals surface area contributed by atoms with E-state index in [2.05, 4.69) is 0 Å². The Kier molecular flexibility index (Phi) is 3.70. The molecule has 76 valence electrons. The summed E-state index contributed by atoms with van der Waals surface area (Å²) in [7, 11) is 0. The summed E-state index contributed by atoms with van der Waals surface area (Å²) < 4.78 is 37.0. The lowest BCUT2D eigenvalue weighted by atomic mass is 10.0. The van der Waals surface area contributed by atoms with Gasteiger partial charge in [-0.15, -0.1) is 0 Å². The molecule has 13 heavy (non-hydrogen) atoms. The van der Waals surface area contributed by atoms with Gasteiger partial charge in [0.15, 0.2) is 0 Å². The van der Waals surface area contributed by atoms with Crippen LogP contribution in [0, 0.1) is 5.92 Å². The van der Waals surface area contributed by atoms with Crippen molar-refractivity contribution < 1.29 is 27.9 Å². The van der Waals surface area contributed by atoms with E-state index in [9.17, 15) is 22.8 Å². The second-order valence-corrected chi connectivity index (χ2v) is 2.40. The number of carbonyl (C=O) groups excluding carboxylic acids is 1. The fraction of sp³-hybridized carbons (Fsp3) is 0.667. The van der Waals surface area contributed by atoms with E-state index in [1.54, 1.807) is 0 Å². The van der Waals surface area contributed by atoms with Gasteiger partial charge in [0.1, 0.15) is 0 Å². The van der Waals surface area contributed by atoms with E-state index in [1.807, 2.05) is 0 Å². The zero-order valence-electron chi connectivity index (χ0n) is 6.63. The van der Waals surface area contributed by atoms with Crippen molar-refractivity contribution in [2.45, 2.75) is 19.1 Å². The smallest absolute Gasteiger partial charge is 0.363 e. The number of carboxylic acids is 1. The molecule has 0 heterocycles. The summed E-state index contributed by atoms with van der Waals surface area (Å²) >= 11 is 0. The third-order valence-electron chi connectivity index (χ3n) is 1.59. The molecule has 0 aromatic heterocycles. The Morgan fingerprint density at radius 3 is 2.31 bits per heavy atom. The number of alkyl halides is 3. The molecule has 0 aromatic carbocycles. The predicted molar refractivity (Wildman–Crippen MR) is 35.8 cm³/mol. The fourth-order valence-corrected chi connectivity index (χ4v) is 0.647. The average molecular weight is 199 g/mol. The Hall–Kier alpha value is -1.27. The molecule has 0 fully saturated rings. The molecule has 0 aliphatic heterocycles. The molecular weight excluding hydrogens is 191 g/mol. The Labute approximate surface area is 71.7 Å². The van der Waals surface area contributed by atoms with Crippen LogP contribution in [0.15, 0.2) is 0 Å². The molecule has 0 saturated carbocycles. The first-order chi connectivity index (χ1) is 5.86. The second-order valence-electron chi connectivity index (χ2n) is 2.40. The lowest BCUT2D eigenvalue weighted by Crippen LogP contribution is -2.54. The van der Waals surface area contributed by atoms with Crippen molar-refractivity contribution in [1.82, 2.24) is 5.32 Å². The highest BCUT2D eigenvalue weighted by molar-refractivity contribution is 5.79. The first-order valence-corrected chi connectivity index (χ1v) is 3.28. The number of carboxylic acid groups (broad SMARTS) is 1. The summed E-state index contributed by atoms with van der Waals surface area (Å²) in [6.07, 6.45) is -3.44. The van der Waals surface area contributed by atoms with Gasteiger partial charge in [-0.2, -0.15) is 0 Å². The molecule has 0 bridgehead atoms. The maximum atomic E-state index is 13.1. The maximum absolute atomic E-state index is 13.1. The summed E-state index contributed by atoms with van der Waals surface area (Å²) in [5.41, 5.74) is 0. The summed E-state index contributed by atoms with van der Waals surface area (Å²) in [6, 6.07) is 0. The van der Waals surface area contributed by atoms with E-state index in [4.69, 9.17) is 5.11 Å². The van der Waals surface area contributed by atoms with Gasteiger partial charge >= 0.3 is 5.97 Å². The van der Waals surface area contributed by atoms with Crippen molar-refractivity contribution in [2.75, 3.05) is 0 Å². The van der Waals surface area contributed by atoms with Crippen molar-refractivity contribution in [3.8, 4) is 0 Å². The van der Waals surface area contributed by atoms with Gasteiger partial charge in [-0.25, -0.2) is 18.0 Å². The van der Waals surface area contributed by atoms with E-state index in [-0.39, 0.29) is 6.41 Å². The molecule has 0 aliphatic rings. The summed E-state index contributed by atoms with van der Waals surface area (Å²) in [5, 5.41) is 9.47. The molecule has 0 rings (SSSR count). The first-order valence-electron chi connectivity index (χ1n) is 3.28. The van der Waals surface area contributed by atoms with Gasteiger partial charge in [-0.05, 0) is 0 Å². The quantitative estimate of drug-likeness (QED) is 0.497. The molecular formula is C6H8F3NO3. The van der Waals surface area contributed by atoms with Crippen LogP contribution in [0.1, 0.15) is 6.92 Å². The summed E-state index contributed by atoms with van der Waals surface area (Å²) in [4.78, 5) is 20.0. The number of carbonyl (C=O) groups is 2. The van der Waals surface area contributed by atoms with E-state index in [0.29, 0.717) is 6.92 Å². The van der Waals surface area contributed by atoms with Gasteiger partial charge in [-0.3, -0.25) is 4.79 Å². The van der Waals surface area contributed by atoms with Crippen LogP contribution in [-0.4, -0.2) is 29.7 Å². The minimum absolute atomic E-state index is 0.271. The van der Waals surface area contributed by atoms with Crippen molar-refractivity contribution >= 4 is 12.4 Å². The highest BCUT2D eigenvalue weighted by Gasteiger charge is 2.48. The zero-order chi connectivity index (χ0) is 10.6. The van der Waals surface area contributed by atoms with Crippen LogP contribution < -0.4 is 5.32 Å². The Balaban J connectivity index is 4.77. The van der Waals surface area contributed by atoms with Crippen LogP contribution in [0.4, 0.5) is 13.2 Å². The maximum Gasteiger partial charge on any atom is 0.363 e. The highest BCUT2D eigenvalue weighted by atomic mass is 19.3. The van der Waals surface area contributed by atoms with Crippen LogP contribution in [0.2, 0.25) is 0 Å². The van der Waals surface area contributed by atoms with E-state index in [1.165, 1.54) is 5.32 Å². The SMILES string of the molecule is CC(C(F)F)C(F)(NC=O)C(=O)O. The average Bonchev–Trinajstić information content (AvgIpc) is 2.02. The van der Waals surface area contributed by atoms with Gasteiger partial charge < -0.3 is 10.4 Å². The minimum Gasteiger partial charge on any atom is -0.477 e. The third kappa shape index (κ3) is 2.33. The molecule has 1 amide bonds. The molecule has 4 nitrogen and oxygen atoms in total. The van der Waals surface area contributed by atoms with Crippen molar-refractivity contribution in [2.24, 2.45) is 5.92 Å². The number of aliphatic carboxylic acids is 1. The molecule has 2 atom stereocenters. The van der Waals surface area contributed by atoms with Gasteiger partial charge in [0.2, 0.25) is 12.8 Å². The fourth-order valence-electron chi connectivity index (χ4n) is 0.647. The van der Waals surface area contributed by atoms with E-state index >= 15 is 0 Å². The number of hydrogen-bond acceptors (Lipinski definition) is 2. The molecule has 7 heteroatoms. The predicted octanol–water partition coefficient (Wildman–Crippen LogP) is 0.384. The minimum atomic E-state index is -3.42. The van der Waals surface area contributed by atoms with Crippen molar-refractivity contribution in [3.63, 3.8) is 0 Å². The molecule has 0 aliphatic carbocycles. The lowest BCUT2D eigenvalue weighted by Gasteiger charge is -2.25. The third-order valence-corrected chi connectivity index (χ3v) is 1.59. The Morgan fingerprint density at radius 2 is 2.08 bits per heavy atom. The van der Waals surface area contributed by atoms with Gasteiger partial charge in [-0.1, -0.05) is 6.92 Å². The lowest BCUT2D eigenvalue weighted by molar-refractivity contribution is -0.164. The van der Waals surface area contributed by atoms with Crippen LogP contribution in [0.25, 0.3) is 0 Å². The van der Waals surface area contributed by atoms with Crippen LogP contribution >= 0.6 is 0 Å². The highest BCUT2D eigenvalue weighted by Crippen LogP contribution is 2.25. The van der Waals surface area contributed by atoms with E-state index in [0.717, 1.165) is 0 Å². The standard InChI is InChI=1S/C6H8F3NO3/c1-3(4(7)8)6(9,5(12)13)10-2-11/h2-4H,1H3,(H,10,11)(H,12,13). The number of halogens is 3. The topological polar surface area (TPSA) is 66.4 Å². The van der Waals surface area contributed by atoms with Crippen molar-refractivity contribution in [1.29, 1.82) is 0 Å². The second kappa shape index (κ2) is 4.11. The number of hydrogen-bond donors (Lipinski definition) is 2. The Morgan fingerprint density at radius 1 is 1.62 bits per heavy atom. The van der Waals surface area contributed by atoms with Crippen molar-refractivity contribution in [3.05, 3.63) is 0 Å². The molecule has 0 radical (unpaired) electrons. The molecule has 0 saturated heterocycles. The zero-order valence-corrected chi connectivity index (χ0v) is 6.63. The molecule has 0 aromatic rings. The van der Waals surface area contributed by atoms with Gasteiger partial charge in [0.05, 0.1) is 5.92 Å². The Bertz CT molecular complexity index is 211. The molecule has 0 spiro atoms. The van der Waals surface area contributed by atoms with Crippen LogP contribution in [-0.2, 0) is 9.59 Å². The largest absolute Gasteiger partial charge is 0.477 e. The monoisotopic (exact) mass is 199 g/mol. The first kappa shape index (κ1) is 11.7. The normalized spacial score (nSPS) is 17.6. The van der Waals surface area contributed by atoms with Gasteiger partial charge in [0, 0.05) is 0 Å². The number of rotatable bonds is 5. The van der Waals surface area contributed by atoms with Crippen LogP contribution in [0.3, 0.4) is 0 Å². The molecule has 2 N–H and O–H groups in total.